The molecule has 0 fully saturated rings. The topological polar surface area (TPSA) is 60.5 Å². The minimum Gasteiger partial charge on any atom is -0.507 e. The zero-order chi connectivity index (χ0) is 20.3. The summed E-state index contributed by atoms with van der Waals surface area (Å²) >= 11 is 0. The molecular weight excluding hydrogens is 338 g/mol. The molecule has 4 nitrogen and oxygen atoms in total. The Morgan fingerprint density at radius 1 is 1.19 bits per heavy atom. The van der Waals surface area contributed by atoms with Crippen molar-refractivity contribution < 1.29 is 19.6 Å². The van der Waals surface area contributed by atoms with Crippen LogP contribution in [0.5, 0.6) is 0 Å². The molecule has 3 rings (SSSR count). The van der Waals surface area contributed by atoms with E-state index >= 15 is 0 Å². The molecule has 0 aromatic rings. The molecule has 0 radical (unpaired) electrons. The third-order valence-electron chi connectivity index (χ3n) is 5.72. The molecule has 1 aliphatic heterocycles. The van der Waals surface area contributed by atoms with Gasteiger partial charge in [0.2, 0.25) is 5.71 Å². The van der Waals surface area contributed by atoms with Crippen LogP contribution in [-0.4, -0.2) is 26.4 Å². The van der Waals surface area contributed by atoms with E-state index in [1.807, 2.05) is 25.2 Å². The van der Waals surface area contributed by atoms with Crippen molar-refractivity contribution in [3.8, 4) is 0 Å². The molecule has 144 valence electrons. The van der Waals surface area contributed by atoms with Crippen molar-refractivity contribution in [1.82, 2.24) is 0 Å². The summed E-state index contributed by atoms with van der Waals surface area (Å²) in [7, 11) is 0. The fraction of sp³-hybridized carbons (Fsp3) is 0.478. The summed E-state index contributed by atoms with van der Waals surface area (Å²) in [5.74, 6) is -0.294. The summed E-state index contributed by atoms with van der Waals surface area (Å²) in [4.78, 5) is 12.4. The van der Waals surface area contributed by atoms with E-state index in [0.29, 0.717) is 17.1 Å². The van der Waals surface area contributed by atoms with Crippen LogP contribution in [0.15, 0.2) is 58.2 Å². The molecule has 0 bridgehead atoms. The Hall–Kier alpha value is -2.36. The number of aliphatic hydroxyl groups excluding tert-OH is 2. The van der Waals surface area contributed by atoms with Gasteiger partial charge >= 0.3 is 11.8 Å². The first-order valence-electron chi connectivity index (χ1n) is 9.57. The Labute approximate surface area is 161 Å². The first kappa shape index (κ1) is 19.4. The first-order chi connectivity index (χ1) is 12.4. The molecule has 27 heavy (non-hydrogen) atoms. The second kappa shape index (κ2) is 6.36. The summed E-state index contributed by atoms with van der Waals surface area (Å²) in [6.07, 6.45) is 8.20. The fourth-order valence-corrected chi connectivity index (χ4v) is 4.30. The summed E-state index contributed by atoms with van der Waals surface area (Å²) in [6, 6.07) is 0. The lowest BCUT2D eigenvalue weighted by Gasteiger charge is -2.40. The van der Waals surface area contributed by atoms with Crippen molar-refractivity contribution in [3.63, 3.8) is 0 Å². The summed E-state index contributed by atoms with van der Waals surface area (Å²) < 4.78 is 1.34. The number of nitrogens with zero attached hydrogens (tertiary/aromatic N) is 1. The van der Waals surface area contributed by atoms with Gasteiger partial charge in [-0.05, 0) is 29.4 Å². The van der Waals surface area contributed by atoms with Crippen LogP contribution in [0, 0.1) is 23.2 Å². The average molecular weight is 368 g/mol. The zero-order valence-corrected chi connectivity index (χ0v) is 17.3. The molecule has 0 aromatic heterocycles. The van der Waals surface area contributed by atoms with E-state index in [1.165, 1.54) is 17.1 Å². The lowest BCUT2D eigenvalue weighted by atomic mass is 9.64. The highest BCUT2D eigenvalue weighted by Gasteiger charge is 2.50. The summed E-state index contributed by atoms with van der Waals surface area (Å²) in [5.41, 5.74) is 4.14. The van der Waals surface area contributed by atoms with E-state index in [-0.39, 0.29) is 34.8 Å². The molecule has 0 saturated heterocycles. The lowest BCUT2D eigenvalue weighted by Crippen LogP contribution is -2.43. The molecule has 0 saturated carbocycles. The Bertz CT molecular complexity index is 898. The molecule has 2 unspecified atom stereocenters. The van der Waals surface area contributed by atoms with Gasteiger partial charge in [-0.1, -0.05) is 63.0 Å². The van der Waals surface area contributed by atoms with Crippen LogP contribution < -0.4 is 0 Å². The van der Waals surface area contributed by atoms with Gasteiger partial charge in [-0.25, -0.2) is 4.79 Å². The summed E-state index contributed by atoms with van der Waals surface area (Å²) in [5, 5.41) is 21.8. The normalized spacial score (nSPS) is 25.5. The van der Waals surface area contributed by atoms with Crippen LogP contribution in [0.25, 0.3) is 0 Å². The molecule has 0 spiro atoms. The predicted octanol–water partition coefficient (Wildman–Crippen LogP) is 4.97. The zero-order valence-electron chi connectivity index (χ0n) is 17.3. The third kappa shape index (κ3) is 3.01. The van der Waals surface area contributed by atoms with Crippen LogP contribution in [-0.2, 0) is 4.79 Å². The third-order valence-corrected chi connectivity index (χ3v) is 5.72. The van der Waals surface area contributed by atoms with Gasteiger partial charge in [0.15, 0.2) is 0 Å². The highest BCUT2D eigenvalue weighted by molar-refractivity contribution is 6.00. The predicted molar refractivity (Wildman–Crippen MR) is 108 cm³/mol. The highest BCUT2D eigenvalue weighted by atomic mass is 16.3. The van der Waals surface area contributed by atoms with Crippen molar-refractivity contribution >= 4 is 11.6 Å². The SMILES string of the molecule is CC(=O)[N+]1=C2C=CC(C(C)C)=CC2C2C(C(C)(C)C)=CC(C)=C(O)C2=C1O. The van der Waals surface area contributed by atoms with Crippen LogP contribution in [0.3, 0.4) is 0 Å². The van der Waals surface area contributed by atoms with E-state index in [2.05, 4.69) is 40.7 Å². The molecular formula is C23H30NO3+. The van der Waals surface area contributed by atoms with Gasteiger partial charge in [0.05, 0.1) is 12.8 Å². The number of allylic oxidation sites excluding steroid dienone is 8. The number of carbonyl (C=O) groups is 1. The van der Waals surface area contributed by atoms with E-state index in [4.69, 9.17) is 0 Å². The van der Waals surface area contributed by atoms with Crippen LogP contribution >= 0.6 is 0 Å². The largest absolute Gasteiger partial charge is 0.507 e. The van der Waals surface area contributed by atoms with Gasteiger partial charge in [0.1, 0.15) is 11.3 Å². The maximum Gasteiger partial charge on any atom is 0.392 e. The molecule has 0 aromatic carbocycles. The molecule has 4 heteroatoms. The number of rotatable bonds is 1. The van der Waals surface area contributed by atoms with Gasteiger partial charge in [0.25, 0.3) is 0 Å². The van der Waals surface area contributed by atoms with Crippen molar-refractivity contribution in [3.05, 3.63) is 58.2 Å². The maximum absolute atomic E-state index is 12.4. The Kier molecular flexibility index (Phi) is 4.57. The number of amides is 1. The lowest BCUT2D eigenvalue weighted by molar-refractivity contribution is -0.435. The quantitative estimate of drug-likeness (QED) is 0.642. The number of aliphatic hydroxyl groups is 2. The first-order valence-corrected chi connectivity index (χ1v) is 9.57. The van der Waals surface area contributed by atoms with Gasteiger partial charge in [-0.15, -0.1) is 0 Å². The van der Waals surface area contributed by atoms with Crippen molar-refractivity contribution in [2.24, 2.45) is 23.2 Å². The van der Waals surface area contributed by atoms with Crippen molar-refractivity contribution in [2.75, 3.05) is 0 Å². The number of hydrogen-bond donors (Lipinski definition) is 2. The number of hydrogen-bond acceptors (Lipinski definition) is 3. The Balaban J connectivity index is 2.35. The smallest absolute Gasteiger partial charge is 0.392 e. The molecule has 2 atom stereocenters. The average Bonchev–Trinajstić information content (AvgIpc) is 2.55. The second-order valence-corrected chi connectivity index (χ2v) is 9.06. The maximum atomic E-state index is 12.4. The highest BCUT2D eigenvalue weighted by Crippen LogP contribution is 2.49. The molecule has 1 heterocycles. The molecule has 1 amide bonds. The van der Waals surface area contributed by atoms with Crippen LogP contribution in [0.2, 0.25) is 0 Å². The van der Waals surface area contributed by atoms with E-state index in [9.17, 15) is 15.0 Å². The summed E-state index contributed by atoms with van der Waals surface area (Å²) in [6.45, 7) is 14.0. The van der Waals surface area contributed by atoms with Gasteiger partial charge < -0.3 is 10.2 Å². The second-order valence-electron chi connectivity index (χ2n) is 9.06. The monoisotopic (exact) mass is 368 g/mol. The number of carbonyl (C=O) groups excluding carboxylic acids is 1. The standard InChI is InChI=1S/C23H29NO3/c1-12(2)15-8-9-18-16(11-15)19-17(23(5,6)7)10-13(3)21(26)20(19)22(27)24(18)14(4)25/h8-12,16,19H,1-7H3,(H-,26,27)/p+1. The van der Waals surface area contributed by atoms with Crippen LogP contribution in [0.4, 0.5) is 0 Å². The van der Waals surface area contributed by atoms with Gasteiger partial charge in [-0.2, -0.15) is 0 Å². The molecule has 2 N–H and O–H groups in total. The Morgan fingerprint density at radius 3 is 2.33 bits per heavy atom. The fourth-order valence-electron chi connectivity index (χ4n) is 4.30. The minimum absolute atomic E-state index is 0.0739. The van der Waals surface area contributed by atoms with E-state index < -0.39 is 0 Å². The van der Waals surface area contributed by atoms with Crippen molar-refractivity contribution in [1.29, 1.82) is 0 Å². The van der Waals surface area contributed by atoms with Crippen LogP contribution in [0.1, 0.15) is 48.5 Å². The minimum atomic E-state index is -0.262. The van der Waals surface area contributed by atoms with E-state index in [0.717, 1.165) is 11.3 Å². The van der Waals surface area contributed by atoms with Crippen molar-refractivity contribution in [2.45, 2.75) is 48.5 Å². The molecule has 3 aliphatic rings. The van der Waals surface area contributed by atoms with Gasteiger partial charge in [0, 0.05) is 12.0 Å². The van der Waals surface area contributed by atoms with E-state index in [1.54, 1.807) is 0 Å². The Morgan fingerprint density at radius 2 is 1.81 bits per heavy atom. The van der Waals surface area contributed by atoms with Gasteiger partial charge in [-0.3, -0.25) is 0 Å². The number of fused-ring (bicyclic) bond motifs is 3. The molecule has 2 aliphatic carbocycles.